The fourth-order valence-electron chi connectivity index (χ4n) is 3.34. The van der Waals surface area contributed by atoms with E-state index in [2.05, 4.69) is 15.3 Å². The van der Waals surface area contributed by atoms with Gasteiger partial charge in [0.2, 0.25) is 11.7 Å². The minimum Gasteiger partial charge on any atom is -0.493 e. The number of carbonyl (C=O) groups is 1. The van der Waals surface area contributed by atoms with Crippen molar-refractivity contribution in [3.8, 4) is 17.2 Å². The molecular formula is C22H28N4O5S. The molecule has 172 valence electrons. The maximum atomic E-state index is 13.0. The van der Waals surface area contributed by atoms with Gasteiger partial charge in [0.05, 0.1) is 32.6 Å². The fraction of sp³-hybridized carbons (Fsp3) is 0.409. The zero-order valence-corrected chi connectivity index (χ0v) is 19.9. The number of methoxy groups -OCH3 is 3. The number of amides is 1. The number of benzene rings is 1. The molecule has 1 unspecified atom stereocenters. The number of hydrogen-bond acceptors (Lipinski definition) is 7. The number of anilines is 1. The molecule has 2 heterocycles. The average molecular weight is 461 g/mol. The summed E-state index contributed by atoms with van der Waals surface area (Å²) < 4.78 is 17.6. The van der Waals surface area contributed by atoms with Crippen LogP contribution < -0.4 is 25.1 Å². The second-order valence-electron chi connectivity index (χ2n) is 7.29. The second kappa shape index (κ2) is 9.99. The molecule has 0 spiro atoms. The highest BCUT2D eigenvalue weighted by Gasteiger charge is 2.19. The van der Waals surface area contributed by atoms with Gasteiger partial charge in [-0.15, -0.1) is 0 Å². The maximum absolute atomic E-state index is 13.0. The van der Waals surface area contributed by atoms with Crippen molar-refractivity contribution in [2.45, 2.75) is 38.4 Å². The Kier molecular flexibility index (Phi) is 7.34. The molecule has 0 aliphatic heterocycles. The van der Waals surface area contributed by atoms with Crippen LogP contribution in [-0.4, -0.2) is 47.5 Å². The molecule has 2 aromatic heterocycles. The number of aryl methyl sites for hydroxylation is 1. The van der Waals surface area contributed by atoms with Crippen LogP contribution in [0.2, 0.25) is 0 Å². The van der Waals surface area contributed by atoms with E-state index in [1.54, 1.807) is 16.7 Å². The van der Waals surface area contributed by atoms with Gasteiger partial charge in [0, 0.05) is 29.6 Å². The Bertz CT molecular complexity index is 1160. The minimum absolute atomic E-state index is 0.0522. The molecule has 0 saturated heterocycles. The van der Waals surface area contributed by atoms with Crippen LogP contribution in [0.25, 0.3) is 11.0 Å². The van der Waals surface area contributed by atoms with Crippen molar-refractivity contribution in [3.05, 3.63) is 34.2 Å². The normalized spacial score (nSPS) is 11.9. The van der Waals surface area contributed by atoms with Gasteiger partial charge >= 0.3 is 0 Å². The molecule has 9 nitrogen and oxygen atoms in total. The van der Waals surface area contributed by atoms with Gasteiger partial charge in [0.25, 0.3) is 5.56 Å². The number of rotatable bonds is 9. The lowest BCUT2D eigenvalue weighted by Crippen LogP contribution is -2.26. The Hall–Kier alpha value is -3.14. The van der Waals surface area contributed by atoms with E-state index in [0.29, 0.717) is 39.1 Å². The Labute approximate surface area is 190 Å². The summed E-state index contributed by atoms with van der Waals surface area (Å²) in [6.07, 6.45) is 0.762. The summed E-state index contributed by atoms with van der Waals surface area (Å²) in [6.45, 7) is 5.85. The Morgan fingerprint density at radius 2 is 1.84 bits per heavy atom. The third-order valence-electron chi connectivity index (χ3n) is 5.10. The molecule has 1 amide bonds. The minimum atomic E-state index is -0.250. The number of ether oxygens (including phenoxy) is 3. The van der Waals surface area contributed by atoms with Crippen LogP contribution in [0.15, 0.2) is 28.2 Å². The molecule has 1 atom stereocenters. The second-order valence-corrected chi connectivity index (χ2v) is 8.23. The number of nitrogens with one attached hydrogen (secondary N) is 2. The molecule has 1 aromatic carbocycles. The van der Waals surface area contributed by atoms with Crippen LogP contribution in [0.5, 0.6) is 17.2 Å². The van der Waals surface area contributed by atoms with Gasteiger partial charge in [-0.3, -0.25) is 14.2 Å². The SMILES string of the molecule is CCC(C)n1c(SCC(=O)Nc2cc(OC)c(OC)c(OC)c2)nc2cc(C)[nH]c2c1=O. The first-order valence-electron chi connectivity index (χ1n) is 10.2. The third-order valence-corrected chi connectivity index (χ3v) is 6.05. The van der Waals surface area contributed by atoms with Crippen molar-refractivity contribution in [2.75, 3.05) is 32.4 Å². The van der Waals surface area contributed by atoms with E-state index >= 15 is 0 Å². The van der Waals surface area contributed by atoms with Crippen LogP contribution >= 0.6 is 11.8 Å². The van der Waals surface area contributed by atoms with Crippen molar-refractivity contribution in [2.24, 2.45) is 0 Å². The van der Waals surface area contributed by atoms with Crippen LogP contribution in [0.4, 0.5) is 5.69 Å². The smallest absolute Gasteiger partial charge is 0.278 e. The number of thioether (sulfide) groups is 1. The van der Waals surface area contributed by atoms with Gasteiger partial charge in [0.1, 0.15) is 5.52 Å². The number of aromatic amines is 1. The molecule has 32 heavy (non-hydrogen) atoms. The zero-order chi connectivity index (χ0) is 23.4. The highest BCUT2D eigenvalue weighted by atomic mass is 32.2. The Morgan fingerprint density at radius 3 is 2.41 bits per heavy atom. The summed E-state index contributed by atoms with van der Waals surface area (Å²) in [7, 11) is 4.54. The van der Waals surface area contributed by atoms with Gasteiger partial charge in [-0.05, 0) is 26.3 Å². The van der Waals surface area contributed by atoms with E-state index in [4.69, 9.17) is 14.2 Å². The van der Waals surface area contributed by atoms with Gasteiger partial charge in [0.15, 0.2) is 16.7 Å². The molecular weight excluding hydrogens is 432 g/mol. The largest absolute Gasteiger partial charge is 0.493 e. The lowest BCUT2D eigenvalue weighted by atomic mass is 10.2. The highest BCUT2D eigenvalue weighted by Crippen LogP contribution is 2.40. The van der Waals surface area contributed by atoms with Crippen LogP contribution in [0, 0.1) is 6.92 Å². The molecule has 0 fully saturated rings. The Balaban J connectivity index is 1.84. The summed E-state index contributed by atoms with van der Waals surface area (Å²) in [5, 5.41) is 3.34. The predicted octanol–water partition coefficient (Wildman–Crippen LogP) is 3.76. The number of carbonyl (C=O) groups excluding carboxylic acids is 1. The molecule has 0 saturated carbocycles. The first-order valence-corrected chi connectivity index (χ1v) is 11.2. The van der Waals surface area contributed by atoms with Gasteiger partial charge < -0.3 is 24.5 Å². The summed E-state index contributed by atoms with van der Waals surface area (Å²) in [5.41, 5.74) is 2.32. The maximum Gasteiger partial charge on any atom is 0.278 e. The van der Waals surface area contributed by atoms with Gasteiger partial charge in [-0.25, -0.2) is 4.98 Å². The van der Waals surface area contributed by atoms with Gasteiger partial charge in [-0.1, -0.05) is 18.7 Å². The summed E-state index contributed by atoms with van der Waals surface area (Å²) in [5.74, 6) is 1.15. The van der Waals surface area contributed by atoms with Crippen molar-refractivity contribution < 1.29 is 19.0 Å². The average Bonchev–Trinajstić information content (AvgIpc) is 3.17. The molecule has 0 radical (unpaired) electrons. The number of hydrogen-bond donors (Lipinski definition) is 2. The number of aromatic nitrogens is 3. The van der Waals surface area contributed by atoms with Crippen molar-refractivity contribution in [1.82, 2.24) is 14.5 Å². The van der Waals surface area contributed by atoms with Crippen LogP contribution in [0.1, 0.15) is 32.0 Å². The topological polar surface area (TPSA) is 107 Å². The molecule has 0 aliphatic carbocycles. The van der Waals surface area contributed by atoms with E-state index in [1.165, 1.54) is 33.1 Å². The van der Waals surface area contributed by atoms with Crippen molar-refractivity contribution in [1.29, 1.82) is 0 Å². The predicted molar refractivity (Wildman–Crippen MR) is 126 cm³/mol. The summed E-state index contributed by atoms with van der Waals surface area (Å²) in [6, 6.07) is 5.10. The van der Waals surface area contributed by atoms with Crippen LogP contribution in [-0.2, 0) is 4.79 Å². The quantitative estimate of drug-likeness (QED) is 0.370. The molecule has 3 aromatic rings. The van der Waals surface area contributed by atoms with Crippen LogP contribution in [0.3, 0.4) is 0 Å². The molecule has 0 aliphatic rings. The highest BCUT2D eigenvalue weighted by molar-refractivity contribution is 7.99. The number of H-pyrrole nitrogens is 1. The van der Waals surface area contributed by atoms with E-state index in [1.807, 2.05) is 26.8 Å². The van der Waals surface area contributed by atoms with E-state index in [0.717, 1.165) is 12.1 Å². The first-order chi connectivity index (χ1) is 15.3. The van der Waals surface area contributed by atoms with E-state index in [9.17, 15) is 9.59 Å². The standard InChI is InChI=1S/C22H28N4O5S/c1-7-13(3)26-21(28)19-15(8-12(2)23-19)25-22(26)32-11-18(27)24-14-9-16(29-4)20(31-6)17(10-14)30-5/h8-10,13,23H,7,11H2,1-6H3,(H,24,27). The molecule has 2 N–H and O–H groups in total. The first kappa shape index (κ1) is 23.5. The monoisotopic (exact) mass is 460 g/mol. The van der Waals surface area contributed by atoms with E-state index < -0.39 is 0 Å². The zero-order valence-electron chi connectivity index (χ0n) is 19.1. The number of nitrogens with zero attached hydrogens (tertiary/aromatic N) is 2. The summed E-state index contributed by atoms with van der Waals surface area (Å²) >= 11 is 1.22. The molecule has 0 bridgehead atoms. The number of fused-ring (bicyclic) bond motifs is 1. The Morgan fingerprint density at radius 1 is 1.19 bits per heavy atom. The van der Waals surface area contributed by atoms with Crippen molar-refractivity contribution >= 4 is 34.4 Å². The lowest BCUT2D eigenvalue weighted by molar-refractivity contribution is -0.113. The van der Waals surface area contributed by atoms with Gasteiger partial charge in [-0.2, -0.15) is 0 Å². The molecule has 3 rings (SSSR count). The summed E-state index contributed by atoms with van der Waals surface area (Å²) in [4.78, 5) is 33.4. The third kappa shape index (κ3) is 4.69. The fourth-order valence-corrected chi connectivity index (χ4v) is 4.24. The lowest BCUT2D eigenvalue weighted by Gasteiger charge is -2.17. The van der Waals surface area contributed by atoms with Crippen molar-refractivity contribution in [3.63, 3.8) is 0 Å². The van der Waals surface area contributed by atoms with E-state index in [-0.39, 0.29) is 23.3 Å². The molecule has 10 heteroatoms.